The van der Waals surface area contributed by atoms with E-state index >= 15 is 0 Å². The molecular formula is C45H83NO3. The Morgan fingerprint density at radius 3 is 1.31 bits per heavy atom. The molecule has 4 heteroatoms. The summed E-state index contributed by atoms with van der Waals surface area (Å²) in [7, 11) is 0. The number of rotatable bonds is 38. The van der Waals surface area contributed by atoms with E-state index in [2.05, 4.69) is 55.6 Å². The molecule has 0 aromatic heterocycles. The van der Waals surface area contributed by atoms with Crippen LogP contribution in [0, 0.1) is 0 Å². The molecule has 2 unspecified atom stereocenters. The lowest BCUT2D eigenvalue weighted by molar-refractivity contribution is -0.123. The van der Waals surface area contributed by atoms with Crippen molar-refractivity contribution in [1.82, 2.24) is 5.32 Å². The van der Waals surface area contributed by atoms with Gasteiger partial charge in [0, 0.05) is 6.42 Å². The summed E-state index contributed by atoms with van der Waals surface area (Å²) in [5.41, 5.74) is 0. The van der Waals surface area contributed by atoms with Crippen molar-refractivity contribution >= 4 is 5.91 Å². The number of aliphatic hydroxyl groups excluding tert-OH is 2. The van der Waals surface area contributed by atoms with Crippen molar-refractivity contribution in [3.05, 3.63) is 48.6 Å². The number of hydrogen-bond acceptors (Lipinski definition) is 3. The highest BCUT2D eigenvalue weighted by Gasteiger charge is 2.17. The van der Waals surface area contributed by atoms with Gasteiger partial charge in [-0.05, 0) is 64.2 Å². The fourth-order valence-corrected chi connectivity index (χ4v) is 6.22. The number of carbonyl (C=O) groups is 1. The zero-order valence-corrected chi connectivity index (χ0v) is 32.7. The molecule has 0 aromatic rings. The second-order valence-corrected chi connectivity index (χ2v) is 14.4. The number of carbonyl (C=O) groups excluding carboxylic acids is 1. The largest absolute Gasteiger partial charge is 0.394 e. The predicted molar refractivity (Wildman–Crippen MR) is 216 cm³/mol. The Bertz CT molecular complexity index is 786. The van der Waals surface area contributed by atoms with Crippen LogP contribution in [0.2, 0.25) is 0 Å². The van der Waals surface area contributed by atoms with Crippen LogP contribution < -0.4 is 5.32 Å². The van der Waals surface area contributed by atoms with Crippen LogP contribution in [0.5, 0.6) is 0 Å². The van der Waals surface area contributed by atoms with E-state index in [9.17, 15) is 15.0 Å². The van der Waals surface area contributed by atoms with E-state index < -0.39 is 12.1 Å². The molecule has 286 valence electrons. The summed E-state index contributed by atoms with van der Waals surface area (Å²) in [5.74, 6) is -0.0803. The Hall–Kier alpha value is -1.65. The number of unbranched alkanes of at least 4 members (excludes halogenated alkanes) is 25. The smallest absolute Gasteiger partial charge is 0.220 e. The maximum Gasteiger partial charge on any atom is 0.220 e. The molecule has 0 heterocycles. The molecular weight excluding hydrogens is 602 g/mol. The first-order chi connectivity index (χ1) is 24.2. The minimum atomic E-state index is -0.863. The van der Waals surface area contributed by atoms with Gasteiger partial charge in [0.2, 0.25) is 5.91 Å². The van der Waals surface area contributed by atoms with Gasteiger partial charge < -0.3 is 15.5 Å². The Balaban J connectivity index is 3.58. The fraction of sp³-hybridized carbons (Fsp3) is 0.800. The van der Waals surface area contributed by atoms with Crippen molar-refractivity contribution in [2.24, 2.45) is 0 Å². The first-order valence-electron chi connectivity index (χ1n) is 21.4. The highest BCUT2D eigenvalue weighted by Crippen LogP contribution is 2.13. The van der Waals surface area contributed by atoms with Gasteiger partial charge in [-0.2, -0.15) is 0 Å². The van der Waals surface area contributed by atoms with Crippen molar-refractivity contribution in [1.29, 1.82) is 0 Å². The number of allylic oxidation sites excluding steroid dienone is 7. The van der Waals surface area contributed by atoms with Crippen LogP contribution in [0.15, 0.2) is 48.6 Å². The molecule has 2 atom stereocenters. The van der Waals surface area contributed by atoms with Crippen molar-refractivity contribution in [2.75, 3.05) is 6.61 Å². The van der Waals surface area contributed by atoms with E-state index in [1.54, 1.807) is 6.08 Å². The van der Waals surface area contributed by atoms with Crippen LogP contribution in [-0.4, -0.2) is 34.9 Å². The molecule has 0 rings (SSSR count). The molecule has 0 saturated heterocycles. The van der Waals surface area contributed by atoms with Crippen LogP contribution in [0.4, 0.5) is 0 Å². The SMILES string of the molecule is CCCCCCCC/C=C/CC/C=C/C(O)C(CO)NC(=O)CCCCCCCCCCC/C=C\C/C=C\CCCCCCCCCCC. The second kappa shape index (κ2) is 40.8. The maximum absolute atomic E-state index is 12.3. The summed E-state index contributed by atoms with van der Waals surface area (Å²) in [6.07, 6.45) is 55.0. The normalized spacial score (nSPS) is 13.5. The summed E-state index contributed by atoms with van der Waals surface area (Å²) in [6.45, 7) is 4.27. The molecule has 49 heavy (non-hydrogen) atoms. The molecule has 0 bridgehead atoms. The Morgan fingerprint density at radius 2 is 0.857 bits per heavy atom. The minimum Gasteiger partial charge on any atom is -0.394 e. The Kier molecular flexibility index (Phi) is 39.4. The summed E-state index contributed by atoms with van der Waals surface area (Å²) < 4.78 is 0. The van der Waals surface area contributed by atoms with E-state index in [0.29, 0.717) is 6.42 Å². The second-order valence-electron chi connectivity index (χ2n) is 14.4. The molecule has 0 aliphatic heterocycles. The predicted octanol–water partition coefficient (Wildman–Crippen LogP) is 13.2. The molecule has 1 amide bonds. The van der Waals surface area contributed by atoms with Gasteiger partial charge >= 0.3 is 0 Å². The van der Waals surface area contributed by atoms with Crippen LogP contribution in [-0.2, 0) is 4.79 Å². The summed E-state index contributed by atoms with van der Waals surface area (Å²) in [5, 5.41) is 22.9. The molecule has 0 aliphatic rings. The fourth-order valence-electron chi connectivity index (χ4n) is 6.22. The topological polar surface area (TPSA) is 69.6 Å². The van der Waals surface area contributed by atoms with Gasteiger partial charge in [-0.3, -0.25) is 4.79 Å². The Labute approximate surface area is 305 Å². The lowest BCUT2D eigenvalue weighted by Crippen LogP contribution is -2.45. The van der Waals surface area contributed by atoms with E-state index in [1.165, 1.54) is 154 Å². The Morgan fingerprint density at radius 1 is 0.490 bits per heavy atom. The lowest BCUT2D eigenvalue weighted by Gasteiger charge is -2.19. The molecule has 0 aliphatic carbocycles. The van der Waals surface area contributed by atoms with Gasteiger partial charge in [-0.1, -0.05) is 191 Å². The number of hydrogen-bond donors (Lipinski definition) is 3. The standard InChI is InChI=1S/C45H83NO3/c1-3-5-7-9-11-13-15-17-18-19-20-21-22-23-24-25-26-27-28-29-31-33-35-37-39-41-45(49)46-43(42-47)44(48)40-38-36-34-32-30-16-14-12-10-8-6-4-2/h20-21,23-24,30,32,38,40,43-44,47-48H,3-19,22,25-29,31,33-37,39,41-42H2,1-2H3,(H,46,49)/b21-20-,24-23-,32-30+,40-38+. The minimum absolute atomic E-state index is 0.0803. The van der Waals surface area contributed by atoms with Crippen molar-refractivity contribution < 1.29 is 15.0 Å². The third-order valence-electron chi connectivity index (χ3n) is 9.53. The van der Waals surface area contributed by atoms with Gasteiger partial charge in [0.1, 0.15) is 0 Å². The quantitative estimate of drug-likeness (QED) is 0.0447. The van der Waals surface area contributed by atoms with Crippen LogP contribution >= 0.6 is 0 Å². The molecule has 0 fully saturated rings. The van der Waals surface area contributed by atoms with E-state index in [0.717, 1.165) is 38.5 Å². The van der Waals surface area contributed by atoms with Crippen LogP contribution in [0.1, 0.15) is 213 Å². The monoisotopic (exact) mass is 686 g/mol. The van der Waals surface area contributed by atoms with E-state index in [1.807, 2.05) is 6.08 Å². The van der Waals surface area contributed by atoms with Gasteiger partial charge in [-0.15, -0.1) is 0 Å². The highest BCUT2D eigenvalue weighted by atomic mass is 16.3. The molecule has 0 radical (unpaired) electrons. The lowest BCUT2D eigenvalue weighted by atomic mass is 10.1. The molecule has 4 nitrogen and oxygen atoms in total. The van der Waals surface area contributed by atoms with Crippen molar-refractivity contribution in [2.45, 2.75) is 225 Å². The van der Waals surface area contributed by atoms with Crippen LogP contribution in [0.25, 0.3) is 0 Å². The van der Waals surface area contributed by atoms with E-state index in [4.69, 9.17) is 0 Å². The van der Waals surface area contributed by atoms with Crippen molar-refractivity contribution in [3.8, 4) is 0 Å². The molecule has 0 saturated carbocycles. The first kappa shape index (κ1) is 47.4. The average molecular weight is 686 g/mol. The number of aliphatic hydroxyl groups is 2. The molecule has 0 spiro atoms. The van der Waals surface area contributed by atoms with Crippen molar-refractivity contribution in [3.63, 3.8) is 0 Å². The third kappa shape index (κ3) is 37.4. The highest BCUT2D eigenvalue weighted by molar-refractivity contribution is 5.76. The zero-order valence-electron chi connectivity index (χ0n) is 32.7. The third-order valence-corrected chi connectivity index (χ3v) is 9.53. The molecule has 0 aromatic carbocycles. The summed E-state index contributed by atoms with van der Waals surface area (Å²) >= 11 is 0. The zero-order chi connectivity index (χ0) is 35.7. The first-order valence-corrected chi connectivity index (χ1v) is 21.4. The maximum atomic E-state index is 12.3. The molecule has 3 N–H and O–H groups in total. The van der Waals surface area contributed by atoms with Gasteiger partial charge in [0.05, 0.1) is 18.8 Å². The number of amides is 1. The summed E-state index contributed by atoms with van der Waals surface area (Å²) in [4.78, 5) is 12.3. The van der Waals surface area contributed by atoms with Gasteiger partial charge in [-0.25, -0.2) is 0 Å². The van der Waals surface area contributed by atoms with E-state index in [-0.39, 0.29) is 12.5 Å². The van der Waals surface area contributed by atoms with Gasteiger partial charge in [0.25, 0.3) is 0 Å². The van der Waals surface area contributed by atoms with Gasteiger partial charge in [0.15, 0.2) is 0 Å². The van der Waals surface area contributed by atoms with Crippen LogP contribution in [0.3, 0.4) is 0 Å². The average Bonchev–Trinajstić information content (AvgIpc) is 3.10. The number of nitrogens with one attached hydrogen (secondary N) is 1. The summed E-state index contributed by atoms with van der Waals surface area (Å²) in [6, 6.07) is -0.640.